The largest absolute Gasteiger partial charge is 0.484 e. The molecule has 0 aromatic heterocycles. The monoisotopic (exact) mass is 253 g/mol. The van der Waals surface area contributed by atoms with Gasteiger partial charge in [-0.3, -0.25) is 4.79 Å². The van der Waals surface area contributed by atoms with Crippen LogP contribution in [0.5, 0.6) is 5.75 Å². The Kier molecular flexibility index (Phi) is 4.15. The van der Waals surface area contributed by atoms with Crippen molar-refractivity contribution in [1.29, 1.82) is 0 Å². The number of hydrogen-bond donors (Lipinski definition) is 0. The Hall–Kier alpha value is -1.62. The zero-order valence-electron chi connectivity index (χ0n) is 10.3. The van der Waals surface area contributed by atoms with E-state index in [4.69, 9.17) is 9.47 Å². The molecule has 1 aliphatic heterocycles. The van der Waals surface area contributed by atoms with E-state index >= 15 is 0 Å². The first-order valence-electron chi connectivity index (χ1n) is 5.96. The van der Waals surface area contributed by atoms with E-state index in [0.717, 1.165) is 6.42 Å². The first-order chi connectivity index (χ1) is 8.66. The molecule has 1 aliphatic rings. The van der Waals surface area contributed by atoms with Crippen LogP contribution in [0.1, 0.15) is 13.3 Å². The average Bonchev–Trinajstić information content (AvgIpc) is 2.38. The van der Waals surface area contributed by atoms with Crippen LogP contribution in [-0.4, -0.2) is 36.8 Å². The Morgan fingerprint density at radius 1 is 1.50 bits per heavy atom. The minimum Gasteiger partial charge on any atom is -0.484 e. The van der Waals surface area contributed by atoms with Crippen LogP contribution in [0.3, 0.4) is 0 Å². The molecule has 4 nitrogen and oxygen atoms in total. The van der Waals surface area contributed by atoms with Crippen molar-refractivity contribution < 1.29 is 18.7 Å². The fourth-order valence-electron chi connectivity index (χ4n) is 1.85. The zero-order chi connectivity index (χ0) is 13.0. The predicted octanol–water partition coefficient (Wildman–Crippen LogP) is 1.80. The second kappa shape index (κ2) is 5.82. The third-order valence-electron chi connectivity index (χ3n) is 2.84. The van der Waals surface area contributed by atoms with Crippen LogP contribution in [0.2, 0.25) is 0 Å². The van der Waals surface area contributed by atoms with Gasteiger partial charge in [0.25, 0.3) is 5.91 Å². The second-order valence-electron chi connectivity index (χ2n) is 4.15. The molecule has 5 heteroatoms. The number of ether oxygens (including phenoxy) is 2. The van der Waals surface area contributed by atoms with Gasteiger partial charge in [-0.1, -0.05) is 0 Å². The van der Waals surface area contributed by atoms with Crippen LogP contribution < -0.4 is 4.74 Å². The lowest BCUT2D eigenvalue weighted by molar-refractivity contribution is -0.154. The van der Waals surface area contributed by atoms with Crippen molar-refractivity contribution >= 4 is 5.91 Å². The zero-order valence-corrected chi connectivity index (χ0v) is 10.3. The Labute approximate surface area is 105 Å². The molecule has 0 spiro atoms. The highest BCUT2D eigenvalue weighted by molar-refractivity contribution is 5.78. The fraction of sp³-hybridized carbons (Fsp3) is 0.462. The fourth-order valence-corrected chi connectivity index (χ4v) is 1.85. The summed E-state index contributed by atoms with van der Waals surface area (Å²) in [7, 11) is 0. The van der Waals surface area contributed by atoms with Gasteiger partial charge in [-0.05, 0) is 37.6 Å². The summed E-state index contributed by atoms with van der Waals surface area (Å²) in [5.74, 6) is 0.0357. The normalized spacial score (nSPS) is 19.7. The second-order valence-corrected chi connectivity index (χ2v) is 4.15. The van der Waals surface area contributed by atoms with Crippen molar-refractivity contribution in [2.75, 3.05) is 19.8 Å². The van der Waals surface area contributed by atoms with E-state index in [1.165, 1.54) is 24.3 Å². The van der Waals surface area contributed by atoms with Crippen LogP contribution in [-0.2, 0) is 9.53 Å². The number of nitrogens with zero attached hydrogens (tertiary/aromatic N) is 1. The van der Waals surface area contributed by atoms with Gasteiger partial charge in [0.05, 0.1) is 6.61 Å². The molecule has 0 N–H and O–H groups in total. The van der Waals surface area contributed by atoms with Crippen molar-refractivity contribution in [1.82, 2.24) is 4.90 Å². The van der Waals surface area contributed by atoms with Gasteiger partial charge >= 0.3 is 0 Å². The lowest BCUT2D eigenvalue weighted by Gasteiger charge is -2.33. The summed E-state index contributed by atoms with van der Waals surface area (Å²) in [5, 5.41) is 0. The standard InChI is InChI=1S/C13H16FNO3/c1-10-15(7-2-8-17-10)13(16)9-18-12-5-3-11(14)4-6-12/h3-6,10H,2,7-9H2,1H3. The molecular formula is C13H16FNO3. The maximum atomic E-state index is 12.7. The minimum atomic E-state index is -0.327. The average molecular weight is 253 g/mol. The lowest BCUT2D eigenvalue weighted by Crippen LogP contribution is -2.46. The molecule has 0 radical (unpaired) electrons. The molecule has 98 valence electrons. The van der Waals surface area contributed by atoms with Crippen molar-refractivity contribution in [3.63, 3.8) is 0 Å². The smallest absolute Gasteiger partial charge is 0.262 e. The van der Waals surface area contributed by atoms with E-state index in [1.807, 2.05) is 6.92 Å². The number of amides is 1. The van der Waals surface area contributed by atoms with E-state index < -0.39 is 0 Å². The number of hydrogen-bond acceptors (Lipinski definition) is 3. The van der Waals surface area contributed by atoms with Gasteiger partial charge < -0.3 is 14.4 Å². The lowest BCUT2D eigenvalue weighted by atomic mass is 10.3. The van der Waals surface area contributed by atoms with E-state index in [2.05, 4.69) is 0 Å². The number of carbonyl (C=O) groups excluding carboxylic acids is 1. The van der Waals surface area contributed by atoms with Gasteiger partial charge in [0.2, 0.25) is 0 Å². The molecule has 0 bridgehead atoms. The van der Waals surface area contributed by atoms with Crippen LogP contribution in [0, 0.1) is 5.82 Å². The minimum absolute atomic E-state index is 0.0562. The summed E-state index contributed by atoms with van der Waals surface area (Å²) in [5.41, 5.74) is 0. The molecule has 1 amide bonds. The Morgan fingerprint density at radius 2 is 2.22 bits per heavy atom. The van der Waals surface area contributed by atoms with Gasteiger partial charge in [0, 0.05) is 6.54 Å². The third-order valence-corrected chi connectivity index (χ3v) is 2.84. The number of halogens is 1. The highest BCUT2D eigenvalue weighted by atomic mass is 19.1. The number of benzene rings is 1. The van der Waals surface area contributed by atoms with Crippen LogP contribution in [0.25, 0.3) is 0 Å². The van der Waals surface area contributed by atoms with Crippen LogP contribution in [0.15, 0.2) is 24.3 Å². The Bertz CT molecular complexity index is 407. The molecule has 1 heterocycles. The summed E-state index contributed by atoms with van der Waals surface area (Å²) in [6.45, 7) is 3.16. The number of rotatable bonds is 3. The number of carbonyl (C=O) groups is 1. The van der Waals surface area contributed by atoms with Crippen molar-refractivity contribution in [3.05, 3.63) is 30.1 Å². The molecule has 18 heavy (non-hydrogen) atoms. The quantitative estimate of drug-likeness (QED) is 0.824. The molecule has 1 saturated heterocycles. The molecule has 2 rings (SSSR count). The molecule has 1 aromatic rings. The van der Waals surface area contributed by atoms with Crippen molar-refractivity contribution in [3.8, 4) is 5.75 Å². The molecule has 1 unspecified atom stereocenters. The van der Waals surface area contributed by atoms with Gasteiger partial charge in [0.1, 0.15) is 17.8 Å². The van der Waals surface area contributed by atoms with Gasteiger partial charge in [-0.15, -0.1) is 0 Å². The molecule has 0 saturated carbocycles. The molecule has 1 atom stereocenters. The first kappa shape index (κ1) is 12.8. The highest BCUT2D eigenvalue weighted by Gasteiger charge is 2.23. The third kappa shape index (κ3) is 3.20. The summed E-state index contributed by atoms with van der Waals surface area (Å²) in [6, 6.07) is 5.59. The van der Waals surface area contributed by atoms with Gasteiger partial charge in [0.15, 0.2) is 6.61 Å². The Balaban J connectivity index is 1.85. The maximum Gasteiger partial charge on any atom is 0.262 e. The van der Waals surface area contributed by atoms with E-state index in [-0.39, 0.29) is 24.6 Å². The summed E-state index contributed by atoms with van der Waals surface area (Å²) < 4.78 is 23.4. The molecule has 1 fully saturated rings. The molecular weight excluding hydrogens is 237 g/mol. The van der Waals surface area contributed by atoms with E-state index in [0.29, 0.717) is 18.9 Å². The molecule has 0 aliphatic carbocycles. The van der Waals surface area contributed by atoms with E-state index in [1.54, 1.807) is 4.90 Å². The predicted molar refractivity (Wildman–Crippen MR) is 63.6 cm³/mol. The SMILES string of the molecule is CC1OCCCN1C(=O)COc1ccc(F)cc1. The summed E-state index contributed by atoms with van der Waals surface area (Å²) in [6.07, 6.45) is 0.634. The van der Waals surface area contributed by atoms with E-state index in [9.17, 15) is 9.18 Å². The van der Waals surface area contributed by atoms with Crippen LogP contribution >= 0.6 is 0 Å². The van der Waals surface area contributed by atoms with Crippen LogP contribution in [0.4, 0.5) is 4.39 Å². The maximum absolute atomic E-state index is 12.7. The topological polar surface area (TPSA) is 38.8 Å². The van der Waals surface area contributed by atoms with Crippen molar-refractivity contribution in [2.24, 2.45) is 0 Å². The summed E-state index contributed by atoms with van der Waals surface area (Å²) in [4.78, 5) is 13.5. The first-order valence-corrected chi connectivity index (χ1v) is 5.96. The molecule has 1 aromatic carbocycles. The summed E-state index contributed by atoms with van der Waals surface area (Å²) >= 11 is 0. The van der Waals surface area contributed by atoms with Gasteiger partial charge in [-0.25, -0.2) is 4.39 Å². The van der Waals surface area contributed by atoms with Crippen molar-refractivity contribution in [2.45, 2.75) is 19.6 Å². The highest BCUT2D eigenvalue weighted by Crippen LogP contribution is 2.13. The Morgan fingerprint density at radius 3 is 2.89 bits per heavy atom. The van der Waals surface area contributed by atoms with Gasteiger partial charge in [-0.2, -0.15) is 0 Å².